The molecule has 1 aromatic carbocycles. The van der Waals surface area contributed by atoms with E-state index in [0.717, 1.165) is 12.1 Å². The summed E-state index contributed by atoms with van der Waals surface area (Å²) in [7, 11) is -1.33. The van der Waals surface area contributed by atoms with Crippen LogP contribution in [0, 0.1) is 0 Å². The van der Waals surface area contributed by atoms with Crippen molar-refractivity contribution in [2.45, 2.75) is 18.0 Å². The van der Waals surface area contributed by atoms with Gasteiger partial charge in [-0.3, -0.25) is 4.21 Å². The first-order chi connectivity index (χ1) is 10.1. The van der Waals surface area contributed by atoms with Crippen molar-refractivity contribution in [3.8, 4) is 5.69 Å². The van der Waals surface area contributed by atoms with Crippen molar-refractivity contribution in [2.24, 2.45) is 0 Å². The molecule has 0 saturated carbocycles. The van der Waals surface area contributed by atoms with Gasteiger partial charge >= 0.3 is 6.18 Å². The van der Waals surface area contributed by atoms with Gasteiger partial charge in [0.1, 0.15) is 4.90 Å². The first-order valence-corrected chi connectivity index (χ1v) is 8.44. The Kier molecular flexibility index (Phi) is 4.88. The number of hydrogen-bond acceptors (Lipinski definition) is 3. The maximum Gasteiger partial charge on any atom is 0.416 e. The Labute approximate surface area is 140 Å². The number of benzene rings is 1. The van der Waals surface area contributed by atoms with Gasteiger partial charge < -0.3 is 5.73 Å². The number of nitrogens with zero attached hydrogens (tertiary/aromatic N) is 2. The molecule has 2 N–H and O–H groups in total. The smallest absolute Gasteiger partial charge is 0.381 e. The van der Waals surface area contributed by atoms with Gasteiger partial charge in [0.25, 0.3) is 0 Å². The molecular formula is C12H10BrClF3N3OS. The molecule has 0 radical (unpaired) electrons. The van der Waals surface area contributed by atoms with Crippen molar-refractivity contribution < 1.29 is 17.4 Å². The Morgan fingerprint density at radius 1 is 1.45 bits per heavy atom. The van der Waals surface area contributed by atoms with Crippen molar-refractivity contribution in [3.63, 3.8) is 0 Å². The topological polar surface area (TPSA) is 60.9 Å². The second-order valence-corrected chi connectivity index (χ2v) is 7.21. The number of hydrogen-bond donors (Lipinski definition) is 1. The van der Waals surface area contributed by atoms with Crippen molar-refractivity contribution in [2.75, 3.05) is 11.5 Å². The fraction of sp³-hybridized carbons (Fsp3) is 0.250. The molecule has 0 amide bonds. The average Bonchev–Trinajstić information content (AvgIpc) is 2.77. The minimum absolute atomic E-state index is 0.0445. The second-order valence-electron chi connectivity index (χ2n) is 4.24. The summed E-state index contributed by atoms with van der Waals surface area (Å²) in [5.41, 5.74) is 5.00. The first-order valence-electron chi connectivity index (χ1n) is 5.95. The monoisotopic (exact) mass is 415 g/mol. The lowest BCUT2D eigenvalue weighted by molar-refractivity contribution is -0.137. The molecule has 0 fully saturated rings. The van der Waals surface area contributed by atoms with Crippen molar-refractivity contribution >= 4 is 44.1 Å². The molecule has 22 heavy (non-hydrogen) atoms. The summed E-state index contributed by atoms with van der Waals surface area (Å²) < 4.78 is 51.4. The fourth-order valence-electron chi connectivity index (χ4n) is 1.76. The van der Waals surface area contributed by atoms with E-state index in [1.165, 1.54) is 10.9 Å². The van der Waals surface area contributed by atoms with Crippen LogP contribution in [0.5, 0.6) is 0 Å². The van der Waals surface area contributed by atoms with Gasteiger partial charge in [-0.05, 0) is 28.1 Å². The quantitative estimate of drug-likeness (QED) is 0.822. The van der Waals surface area contributed by atoms with E-state index in [1.54, 1.807) is 6.92 Å². The van der Waals surface area contributed by atoms with E-state index in [2.05, 4.69) is 21.0 Å². The van der Waals surface area contributed by atoms with Gasteiger partial charge in [0.05, 0.1) is 27.1 Å². The number of aromatic nitrogens is 2. The van der Waals surface area contributed by atoms with Gasteiger partial charge in [-0.1, -0.05) is 18.5 Å². The van der Waals surface area contributed by atoms with Crippen molar-refractivity contribution in [3.05, 3.63) is 33.4 Å². The van der Waals surface area contributed by atoms with Crippen LogP contribution >= 0.6 is 27.5 Å². The fourth-order valence-corrected chi connectivity index (χ4v) is 3.63. The van der Waals surface area contributed by atoms with Crippen LogP contribution in [0.4, 0.5) is 19.0 Å². The van der Waals surface area contributed by atoms with E-state index in [0.29, 0.717) is 10.6 Å². The molecule has 1 atom stereocenters. The number of nitrogens with two attached hydrogens (primary N) is 1. The molecular weight excluding hydrogens is 407 g/mol. The predicted octanol–water partition coefficient (Wildman–Crippen LogP) is 4.02. The minimum Gasteiger partial charge on any atom is -0.381 e. The number of rotatable bonds is 3. The largest absolute Gasteiger partial charge is 0.416 e. The number of nitrogen functional groups attached to an aromatic ring is 1. The zero-order valence-corrected chi connectivity index (χ0v) is 14.3. The number of anilines is 1. The van der Waals surface area contributed by atoms with Crippen LogP contribution in [0.2, 0.25) is 5.02 Å². The lowest BCUT2D eigenvalue weighted by Gasteiger charge is -2.12. The lowest BCUT2D eigenvalue weighted by atomic mass is 10.2. The van der Waals surface area contributed by atoms with Crippen LogP contribution in [0.15, 0.2) is 27.7 Å². The van der Waals surface area contributed by atoms with Crippen LogP contribution in [-0.4, -0.2) is 19.7 Å². The Morgan fingerprint density at radius 2 is 2.09 bits per heavy atom. The van der Waals surface area contributed by atoms with E-state index < -0.39 is 22.5 Å². The van der Waals surface area contributed by atoms with Gasteiger partial charge in [0.2, 0.25) is 0 Å². The van der Waals surface area contributed by atoms with E-state index >= 15 is 0 Å². The zero-order chi connectivity index (χ0) is 16.7. The third-order valence-corrected chi connectivity index (χ3v) is 5.01. The van der Waals surface area contributed by atoms with Gasteiger partial charge in [-0.25, -0.2) is 4.68 Å². The molecule has 0 aliphatic rings. The molecule has 1 aromatic heterocycles. The first kappa shape index (κ1) is 17.3. The molecule has 2 aromatic rings. The van der Waals surface area contributed by atoms with Crippen LogP contribution in [0.3, 0.4) is 0 Å². The van der Waals surface area contributed by atoms with Gasteiger partial charge in [0.15, 0.2) is 5.82 Å². The summed E-state index contributed by atoms with van der Waals surface area (Å²) >= 11 is 9.00. The Bertz CT molecular complexity index is 725. The molecule has 0 aliphatic heterocycles. The average molecular weight is 417 g/mol. The molecule has 0 aliphatic carbocycles. The molecule has 10 heteroatoms. The number of alkyl halides is 3. The van der Waals surface area contributed by atoms with Crippen LogP contribution in [-0.2, 0) is 17.0 Å². The van der Waals surface area contributed by atoms with E-state index in [9.17, 15) is 17.4 Å². The third kappa shape index (κ3) is 3.31. The Morgan fingerprint density at radius 3 is 2.59 bits per heavy atom. The summed E-state index contributed by atoms with van der Waals surface area (Å²) in [6.07, 6.45) is -3.11. The summed E-state index contributed by atoms with van der Waals surface area (Å²) in [6, 6.07) is 1.70. The highest BCUT2D eigenvalue weighted by Gasteiger charge is 2.32. The Balaban J connectivity index is 2.57. The highest BCUT2D eigenvalue weighted by Crippen LogP contribution is 2.37. The standard InChI is InChI=1S/C12H10BrClF3N3OS/c1-2-22(21)9-5-20(19-11(9)18)10-7(13)3-6(4-8(10)14)12(15,16)17/h3-5H,2H2,1H3,(H2,18,19). The molecule has 1 unspecified atom stereocenters. The number of halogens is 5. The molecule has 0 spiro atoms. The van der Waals surface area contributed by atoms with Crippen LogP contribution in [0.1, 0.15) is 12.5 Å². The third-order valence-electron chi connectivity index (χ3n) is 2.79. The lowest BCUT2D eigenvalue weighted by Crippen LogP contribution is -2.07. The molecule has 2 rings (SSSR count). The summed E-state index contributed by atoms with van der Waals surface area (Å²) in [6.45, 7) is 1.72. The molecule has 0 bridgehead atoms. The summed E-state index contributed by atoms with van der Waals surface area (Å²) in [5.74, 6) is 0.390. The van der Waals surface area contributed by atoms with E-state index in [-0.39, 0.29) is 21.0 Å². The van der Waals surface area contributed by atoms with Crippen molar-refractivity contribution in [1.82, 2.24) is 9.78 Å². The molecule has 120 valence electrons. The van der Waals surface area contributed by atoms with Gasteiger partial charge in [-0.2, -0.15) is 13.2 Å². The highest BCUT2D eigenvalue weighted by molar-refractivity contribution is 9.10. The SMILES string of the molecule is CCS(=O)c1cn(-c2c(Cl)cc(C(F)(F)F)cc2Br)nc1N. The van der Waals surface area contributed by atoms with Gasteiger partial charge in [-0.15, -0.1) is 5.10 Å². The van der Waals surface area contributed by atoms with Crippen LogP contribution < -0.4 is 5.73 Å². The maximum absolute atomic E-state index is 12.7. The van der Waals surface area contributed by atoms with Crippen LogP contribution in [0.25, 0.3) is 5.69 Å². The molecule has 0 saturated heterocycles. The zero-order valence-electron chi connectivity index (χ0n) is 11.1. The predicted molar refractivity (Wildman–Crippen MR) is 82.6 cm³/mol. The summed E-state index contributed by atoms with van der Waals surface area (Å²) in [4.78, 5) is 0.311. The van der Waals surface area contributed by atoms with E-state index in [1.807, 2.05) is 0 Å². The normalized spacial score (nSPS) is 13.4. The maximum atomic E-state index is 12.7. The highest BCUT2D eigenvalue weighted by atomic mass is 79.9. The Hall–Kier alpha value is -1.06. The van der Waals surface area contributed by atoms with Gasteiger partial charge in [0, 0.05) is 16.4 Å². The molecule has 1 heterocycles. The van der Waals surface area contributed by atoms with Crippen molar-refractivity contribution in [1.29, 1.82) is 0 Å². The van der Waals surface area contributed by atoms with E-state index in [4.69, 9.17) is 17.3 Å². The minimum atomic E-state index is -4.51. The summed E-state index contributed by atoms with van der Waals surface area (Å²) in [5, 5.41) is 3.81. The molecule has 4 nitrogen and oxygen atoms in total. The second kappa shape index (κ2) is 6.21.